The molecule has 0 bridgehead atoms. The highest BCUT2D eigenvalue weighted by Crippen LogP contribution is 2.21. The van der Waals surface area contributed by atoms with E-state index in [2.05, 4.69) is 25.2 Å². The lowest BCUT2D eigenvalue weighted by Gasteiger charge is -2.35. The molecule has 1 N–H and O–H groups in total. The molecule has 7 nitrogen and oxygen atoms in total. The van der Waals surface area contributed by atoms with Crippen LogP contribution in [0, 0.1) is 13.8 Å². The number of carbonyl (C=O) groups is 1. The van der Waals surface area contributed by atoms with Crippen LogP contribution in [-0.2, 0) is 0 Å². The molecule has 2 aromatic heterocycles. The van der Waals surface area contributed by atoms with Gasteiger partial charge in [-0.25, -0.2) is 15.0 Å². The minimum Gasteiger partial charge on any atom is -0.353 e. The van der Waals surface area contributed by atoms with Gasteiger partial charge in [-0.1, -0.05) is 0 Å². The number of pyridine rings is 1. The maximum Gasteiger partial charge on any atom is 0.253 e. The summed E-state index contributed by atoms with van der Waals surface area (Å²) in [5, 5.41) is 3.27. The zero-order chi connectivity index (χ0) is 21.8. The van der Waals surface area contributed by atoms with Gasteiger partial charge in [0.25, 0.3) is 5.91 Å². The number of piperazine rings is 1. The summed E-state index contributed by atoms with van der Waals surface area (Å²) in [6.45, 7) is 6.70. The SMILES string of the molecule is CSc1ccc(C(=O)N2CCN(c3cc(Nc4cc(C)ccn4)nc(C)n3)CC2)cc1. The highest BCUT2D eigenvalue weighted by atomic mass is 32.2. The van der Waals surface area contributed by atoms with Crippen molar-refractivity contribution in [1.29, 1.82) is 0 Å². The third-order valence-electron chi connectivity index (χ3n) is 5.22. The summed E-state index contributed by atoms with van der Waals surface area (Å²) in [7, 11) is 0. The first-order valence-electron chi connectivity index (χ1n) is 10.3. The van der Waals surface area contributed by atoms with Gasteiger partial charge in [-0.3, -0.25) is 4.79 Å². The summed E-state index contributed by atoms with van der Waals surface area (Å²) < 4.78 is 0. The zero-order valence-corrected chi connectivity index (χ0v) is 18.8. The van der Waals surface area contributed by atoms with Gasteiger partial charge < -0.3 is 15.1 Å². The Morgan fingerprint density at radius 2 is 1.71 bits per heavy atom. The molecule has 3 heterocycles. The van der Waals surface area contributed by atoms with Crippen LogP contribution >= 0.6 is 11.8 Å². The number of rotatable bonds is 5. The first-order valence-corrected chi connectivity index (χ1v) is 11.5. The summed E-state index contributed by atoms with van der Waals surface area (Å²) in [5.74, 6) is 3.11. The molecule has 8 heteroatoms. The van der Waals surface area contributed by atoms with Gasteiger partial charge in [0.2, 0.25) is 0 Å². The Kier molecular flexibility index (Phi) is 6.36. The van der Waals surface area contributed by atoms with Gasteiger partial charge in [-0.2, -0.15) is 0 Å². The molecule has 0 aliphatic carbocycles. The Morgan fingerprint density at radius 3 is 2.39 bits per heavy atom. The van der Waals surface area contributed by atoms with E-state index in [1.807, 2.05) is 67.5 Å². The molecule has 0 spiro atoms. The third-order valence-corrected chi connectivity index (χ3v) is 5.97. The minimum atomic E-state index is 0.0825. The molecular weight excluding hydrogens is 408 g/mol. The Labute approximate surface area is 186 Å². The van der Waals surface area contributed by atoms with E-state index in [1.54, 1.807) is 18.0 Å². The quantitative estimate of drug-likeness (QED) is 0.610. The monoisotopic (exact) mass is 434 g/mol. The zero-order valence-electron chi connectivity index (χ0n) is 18.0. The summed E-state index contributed by atoms with van der Waals surface area (Å²) in [5.41, 5.74) is 1.87. The van der Waals surface area contributed by atoms with Gasteiger partial charge in [0.1, 0.15) is 23.3 Å². The Balaban J connectivity index is 1.42. The molecule has 0 unspecified atom stereocenters. The molecule has 31 heavy (non-hydrogen) atoms. The molecule has 1 aliphatic rings. The van der Waals surface area contributed by atoms with Crippen molar-refractivity contribution >= 4 is 35.1 Å². The van der Waals surface area contributed by atoms with Crippen LogP contribution in [0.25, 0.3) is 0 Å². The van der Waals surface area contributed by atoms with Crippen LogP contribution in [0.4, 0.5) is 17.5 Å². The highest BCUT2D eigenvalue weighted by Gasteiger charge is 2.23. The van der Waals surface area contributed by atoms with Crippen molar-refractivity contribution in [3.05, 3.63) is 65.6 Å². The standard InChI is InChI=1S/C23H26N6OS/c1-16-8-9-24-20(14-16)27-21-15-22(26-17(2)25-21)28-10-12-29(13-11-28)23(30)18-4-6-19(31-3)7-5-18/h4-9,14-15H,10-13H2,1-3H3,(H,24,25,26,27). The fourth-order valence-corrected chi connectivity index (χ4v) is 3.98. The van der Waals surface area contributed by atoms with Crippen molar-refractivity contribution in [2.24, 2.45) is 0 Å². The van der Waals surface area contributed by atoms with Crippen LogP contribution in [0.3, 0.4) is 0 Å². The number of benzene rings is 1. The third kappa shape index (κ3) is 5.14. The second kappa shape index (κ2) is 9.34. The molecule has 4 rings (SSSR count). The normalized spacial score (nSPS) is 13.9. The van der Waals surface area contributed by atoms with Crippen LogP contribution in [-0.4, -0.2) is 58.2 Å². The Hall–Kier alpha value is -3.13. The van der Waals surface area contributed by atoms with E-state index < -0.39 is 0 Å². The maximum atomic E-state index is 12.8. The van der Waals surface area contributed by atoms with Crippen LogP contribution in [0.15, 0.2) is 53.6 Å². The predicted molar refractivity (Wildman–Crippen MR) is 125 cm³/mol. The molecule has 160 valence electrons. The average molecular weight is 435 g/mol. The first kappa shape index (κ1) is 21.1. The average Bonchev–Trinajstić information content (AvgIpc) is 2.78. The molecule has 1 fully saturated rings. The van der Waals surface area contributed by atoms with Gasteiger partial charge in [-0.15, -0.1) is 11.8 Å². The second-order valence-corrected chi connectivity index (χ2v) is 8.39. The summed E-state index contributed by atoms with van der Waals surface area (Å²) in [4.78, 5) is 31.6. The van der Waals surface area contributed by atoms with Crippen molar-refractivity contribution in [2.45, 2.75) is 18.7 Å². The molecule has 1 aliphatic heterocycles. The van der Waals surface area contributed by atoms with Gasteiger partial charge in [0.05, 0.1) is 0 Å². The topological polar surface area (TPSA) is 74.2 Å². The molecule has 0 radical (unpaired) electrons. The van der Waals surface area contributed by atoms with E-state index >= 15 is 0 Å². The van der Waals surface area contributed by atoms with E-state index in [0.29, 0.717) is 24.7 Å². The molecule has 1 amide bonds. The minimum absolute atomic E-state index is 0.0825. The molecule has 3 aromatic rings. The van der Waals surface area contributed by atoms with Crippen molar-refractivity contribution in [2.75, 3.05) is 42.7 Å². The molecule has 1 aromatic carbocycles. The number of nitrogens with zero attached hydrogens (tertiary/aromatic N) is 5. The van der Waals surface area contributed by atoms with Crippen LogP contribution in [0.2, 0.25) is 0 Å². The fraction of sp³-hybridized carbons (Fsp3) is 0.304. The smallest absolute Gasteiger partial charge is 0.253 e. The van der Waals surface area contributed by atoms with E-state index in [1.165, 1.54) is 0 Å². The largest absolute Gasteiger partial charge is 0.353 e. The van der Waals surface area contributed by atoms with Crippen LogP contribution in [0.5, 0.6) is 0 Å². The number of aromatic nitrogens is 3. The lowest BCUT2D eigenvalue weighted by atomic mass is 10.2. The summed E-state index contributed by atoms with van der Waals surface area (Å²) in [6, 6.07) is 13.7. The van der Waals surface area contributed by atoms with E-state index in [4.69, 9.17) is 0 Å². The number of hydrogen-bond acceptors (Lipinski definition) is 7. The van der Waals surface area contributed by atoms with Crippen molar-refractivity contribution in [1.82, 2.24) is 19.9 Å². The van der Waals surface area contributed by atoms with Crippen LogP contribution < -0.4 is 10.2 Å². The first-order chi connectivity index (χ1) is 15.0. The van der Waals surface area contributed by atoms with Crippen molar-refractivity contribution in [3.63, 3.8) is 0 Å². The highest BCUT2D eigenvalue weighted by molar-refractivity contribution is 7.98. The predicted octanol–water partition coefficient (Wildman–Crippen LogP) is 3.92. The lowest BCUT2D eigenvalue weighted by molar-refractivity contribution is 0.0746. The number of amides is 1. The van der Waals surface area contributed by atoms with E-state index in [0.717, 1.165) is 40.7 Å². The summed E-state index contributed by atoms with van der Waals surface area (Å²) in [6.07, 6.45) is 3.81. The number of aryl methyl sites for hydroxylation is 2. The summed E-state index contributed by atoms with van der Waals surface area (Å²) >= 11 is 1.67. The number of carbonyl (C=O) groups excluding carboxylic acids is 1. The lowest BCUT2D eigenvalue weighted by Crippen LogP contribution is -2.49. The fourth-order valence-electron chi connectivity index (χ4n) is 3.57. The molecule has 0 atom stereocenters. The Bertz CT molecular complexity index is 1060. The number of hydrogen-bond donors (Lipinski definition) is 1. The van der Waals surface area contributed by atoms with Crippen molar-refractivity contribution in [3.8, 4) is 0 Å². The maximum absolute atomic E-state index is 12.8. The molecular formula is C23H26N6OS. The number of thioether (sulfide) groups is 1. The van der Waals surface area contributed by atoms with E-state index in [9.17, 15) is 4.79 Å². The number of anilines is 3. The molecule has 0 saturated carbocycles. The van der Waals surface area contributed by atoms with Gasteiger partial charge >= 0.3 is 0 Å². The van der Waals surface area contributed by atoms with Gasteiger partial charge in [-0.05, 0) is 62.1 Å². The van der Waals surface area contributed by atoms with Gasteiger partial charge in [0, 0.05) is 48.9 Å². The molecule has 1 saturated heterocycles. The van der Waals surface area contributed by atoms with Crippen molar-refractivity contribution < 1.29 is 4.79 Å². The van der Waals surface area contributed by atoms with E-state index in [-0.39, 0.29) is 5.91 Å². The van der Waals surface area contributed by atoms with Gasteiger partial charge in [0.15, 0.2) is 0 Å². The Morgan fingerprint density at radius 1 is 0.968 bits per heavy atom. The second-order valence-electron chi connectivity index (χ2n) is 7.51. The number of nitrogens with one attached hydrogen (secondary N) is 1. The van der Waals surface area contributed by atoms with Crippen LogP contribution in [0.1, 0.15) is 21.7 Å².